The van der Waals surface area contributed by atoms with Crippen LogP contribution >= 0.6 is 8.07 Å². The predicted molar refractivity (Wildman–Crippen MR) is 105 cm³/mol. The molecule has 0 spiro atoms. The van der Waals surface area contributed by atoms with E-state index in [0.29, 0.717) is 11.3 Å². The van der Waals surface area contributed by atoms with Crippen LogP contribution in [0.4, 0.5) is 0 Å². The van der Waals surface area contributed by atoms with Crippen LogP contribution < -0.4 is 5.09 Å². The molecule has 1 saturated carbocycles. The molecule has 1 N–H and O–H groups in total. The maximum Gasteiger partial charge on any atom is 0.0178 e. The van der Waals surface area contributed by atoms with Gasteiger partial charge in [-0.3, -0.25) is 5.09 Å². The van der Waals surface area contributed by atoms with E-state index in [1.807, 2.05) is 0 Å². The van der Waals surface area contributed by atoms with Gasteiger partial charge in [-0.05, 0) is 44.9 Å². The van der Waals surface area contributed by atoms with E-state index in [9.17, 15) is 0 Å². The fourth-order valence-electron chi connectivity index (χ4n) is 4.44. The van der Waals surface area contributed by atoms with Crippen molar-refractivity contribution in [1.29, 1.82) is 0 Å². The van der Waals surface area contributed by atoms with Gasteiger partial charge in [0, 0.05) is 17.4 Å². The standard InChI is InChI=1S/C22H28NP/c1-4-10-18(11-5-1)21-16-17-22(19-12-6-2-7-13-19)24(21)23-20-14-8-3-9-15-20/h1-2,4-7,10-13,20-23H,3,8-9,14-17H2/t21-,22-/m1/s1. The van der Waals surface area contributed by atoms with E-state index in [0.717, 1.165) is 6.04 Å². The molecular formula is C22H28NP. The highest BCUT2D eigenvalue weighted by Crippen LogP contribution is 2.68. The van der Waals surface area contributed by atoms with E-state index < -0.39 is 0 Å². The molecular weight excluding hydrogens is 309 g/mol. The second-order valence-corrected chi connectivity index (χ2v) is 9.62. The molecule has 0 unspecified atom stereocenters. The molecule has 0 aromatic heterocycles. The minimum atomic E-state index is -0.197. The van der Waals surface area contributed by atoms with Crippen LogP contribution in [0.1, 0.15) is 67.4 Å². The van der Waals surface area contributed by atoms with Crippen molar-refractivity contribution >= 4 is 8.07 Å². The summed E-state index contributed by atoms with van der Waals surface area (Å²) in [4.78, 5) is 0. The van der Waals surface area contributed by atoms with E-state index in [-0.39, 0.29) is 8.07 Å². The summed E-state index contributed by atoms with van der Waals surface area (Å²) in [6.07, 6.45) is 9.66. The van der Waals surface area contributed by atoms with Crippen molar-refractivity contribution < 1.29 is 0 Å². The van der Waals surface area contributed by atoms with Gasteiger partial charge in [0.1, 0.15) is 0 Å². The van der Waals surface area contributed by atoms with Gasteiger partial charge in [-0.2, -0.15) is 0 Å². The van der Waals surface area contributed by atoms with Gasteiger partial charge in [0.2, 0.25) is 0 Å². The fraction of sp³-hybridized carbons (Fsp3) is 0.455. The molecule has 1 aliphatic carbocycles. The van der Waals surface area contributed by atoms with Crippen LogP contribution in [0.5, 0.6) is 0 Å². The van der Waals surface area contributed by atoms with Crippen molar-refractivity contribution in [2.24, 2.45) is 0 Å². The lowest BCUT2D eigenvalue weighted by Crippen LogP contribution is -2.28. The first-order valence-electron chi connectivity index (χ1n) is 9.56. The largest absolute Gasteiger partial charge is 0.292 e. The molecule has 24 heavy (non-hydrogen) atoms. The average molecular weight is 337 g/mol. The molecule has 1 heterocycles. The zero-order valence-electron chi connectivity index (χ0n) is 14.4. The Balaban J connectivity index is 1.59. The number of rotatable bonds is 4. The van der Waals surface area contributed by atoms with Crippen LogP contribution in [-0.4, -0.2) is 6.04 Å². The molecule has 4 rings (SSSR count). The van der Waals surface area contributed by atoms with Gasteiger partial charge in [-0.1, -0.05) is 79.9 Å². The Labute approximate surface area is 147 Å². The Morgan fingerprint density at radius 3 is 1.62 bits per heavy atom. The van der Waals surface area contributed by atoms with Crippen molar-refractivity contribution in [3.8, 4) is 0 Å². The van der Waals surface area contributed by atoms with Crippen molar-refractivity contribution in [2.45, 2.75) is 62.3 Å². The first-order valence-corrected chi connectivity index (χ1v) is 11.0. The summed E-state index contributed by atoms with van der Waals surface area (Å²) in [7, 11) is -0.197. The molecule has 2 heteroatoms. The number of hydrogen-bond donors (Lipinski definition) is 1. The van der Waals surface area contributed by atoms with Crippen LogP contribution in [0, 0.1) is 0 Å². The SMILES string of the molecule is c1ccc([C@H]2CC[C@H](c3ccccc3)P2NC2CCCCC2)cc1. The third-order valence-electron chi connectivity index (χ3n) is 5.69. The quantitative estimate of drug-likeness (QED) is 0.621. The molecule has 2 aromatic carbocycles. The van der Waals surface area contributed by atoms with Gasteiger partial charge < -0.3 is 0 Å². The zero-order valence-corrected chi connectivity index (χ0v) is 15.3. The maximum absolute atomic E-state index is 4.18. The summed E-state index contributed by atoms with van der Waals surface area (Å²) in [6.45, 7) is 0. The second-order valence-electron chi connectivity index (χ2n) is 7.30. The summed E-state index contributed by atoms with van der Waals surface area (Å²) in [6, 6.07) is 23.2. The van der Waals surface area contributed by atoms with E-state index >= 15 is 0 Å². The Hall–Kier alpha value is -1.17. The summed E-state index contributed by atoms with van der Waals surface area (Å²) >= 11 is 0. The van der Waals surface area contributed by atoms with Gasteiger partial charge in [0.15, 0.2) is 0 Å². The third kappa shape index (κ3) is 3.58. The molecule has 2 aliphatic rings. The normalized spacial score (nSPS) is 25.8. The predicted octanol–water partition coefficient (Wildman–Crippen LogP) is 6.58. The van der Waals surface area contributed by atoms with Crippen molar-refractivity contribution in [2.75, 3.05) is 0 Å². The van der Waals surface area contributed by atoms with Gasteiger partial charge >= 0.3 is 0 Å². The minimum absolute atomic E-state index is 0.197. The maximum atomic E-state index is 4.18. The monoisotopic (exact) mass is 337 g/mol. The van der Waals surface area contributed by atoms with E-state index in [1.165, 1.54) is 44.9 Å². The molecule has 0 amide bonds. The number of benzene rings is 2. The zero-order chi connectivity index (χ0) is 16.2. The second kappa shape index (κ2) is 7.81. The van der Waals surface area contributed by atoms with E-state index in [4.69, 9.17) is 0 Å². The molecule has 2 fully saturated rings. The first kappa shape index (κ1) is 16.3. The Kier molecular flexibility index (Phi) is 5.30. The number of nitrogens with one attached hydrogen (secondary N) is 1. The highest BCUT2D eigenvalue weighted by atomic mass is 31.1. The molecule has 2 aromatic rings. The van der Waals surface area contributed by atoms with Gasteiger partial charge in [0.05, 0.1) is 0 Å². The minimum Gasteiger partial charge on any atom is -0.292 e. The lowest BCUT2D eigenvalue weighted by atomic mass is 9.96. The van der Waals surface area contributed by atoms with Gasteiger partial charge in [-0.15, -0.1) is 0 Å². The summed E-state index contributed by atoms with van der Waals surface area (Å²) in [5.74, 6) is 0. The summed E-state index contributed by atoms with van der Waals surface area (Å²) in [5, 5.41) is 4.18. The van der Waals surface area contributed by atoms with E-state index in [1.54, 1.807) is 11.1 Å². The average Bonchev–Trinajstić information content (AvgIpc) is 3.07. The van der Waals surface area contributed by atoms with Gasteiger partial charge in [-0.25, -0.2) is 0 Å². The van der Waals surface area contributed by atoms with E-state index in [2.05, 4.69) is 65.8 Å². The molecule has 2 atom stereocenters. The molecule has 1 nitrogen and oxygen atoms in total. The molecule has 1 saturated heterocycles. The lowest BCUT2D eigenvalue weighted by Gasteiger charge is -2.33. The number of hydrogen-bond acceptors (Lipinski definition) is 1. The topological polar surface area (TPSA) is 12.0 Å². The van der Waals surface area contributed by atoms with Crippen LogP contribution in [-0.2, 0) is 0 Å². The van der Waals surface area contributed by atoms with Crippen molar-refractivity contribution in [3.63, 3.8) is 0 Å². The Morgan fingerprint density at radius 2 is 1.12 bits per heavy atom. The molecule has 1 aliphatic heterocycles. The van der Waals surface area contributed by atoms with Crippen LogP contribution in [0.25, 0.3) is 0 Å². The molecule has 0 radical (unpaired) electrons. The van der Waals surface area contributed by atoms with Crippen LogP contribution in [0.3, 0.4) is 0 Å². The highest BCUT2D eigenvalue weighted by Gasteiger charge is 2.38. The Bertz CT molecular complexity index is 573. The van der Waals surface area contributed by atoms with Gasteiger partial charge in [0.25, 0.3) is 0 Å². The van der Waals surface area contributed by atoms with Crippen molar-refractivity contribution in [1.82, 2.24) is 5.09 Å². The molecule has 126 valence electrons. The first-order chi connectivity index (χ1) is 11.9. The molecule has 0 bridgehead atoms. The highest BCUT2D eigenvalue weighted by molar-refractivity contribution is 7.56. The summed E-state index contributed by atoms with van der Waals surface area (Å²) in [5.41, 5.74) is 4.53. The smallest absolute Gasteiger partial charge is 0.0178 e. The summed E-state index contributed by atoms with van der Waals surface area (Å²) < 4.78 is 0. The fourth-order valence-corrected chi connectivity index (χ4v) is 7.75. The lowest BCUT2D eigenvalue weighted by molar-refractivity contribution is 0.419. The van der Waals surface area contributed by atoms with Crippen LogP contribution in [0.15, 0.2) is 60.7 Å². The Morgan fingerprint density at radius 1 is 0.625 bits per heavy atom. The third-order valence-corrected chi connectivity index (χ3v) is 8.81. The van der Waals surface area contributed by atoms with Crippen LogP contribution in [0.2, 0.25) is 0 Å². The van der Waals surface area contributed by atoms with Crippen molar-refractivity contribution in [3.05, 3.63) is 71.8 Å².